The molecule has 246 valence electrons. The maximum Gasteiger partial charge on any atom is 0.261 e. The summed E-state index contributed by atoms with van der Waals surface area (Å²) in [4.78, 5) is 16.9. The van der Waals surface area contributed by atoms with E-state index >= 15 is 0 Å². The lowest BCUT2D eigenvalue weighted by atomic mass is 10.1. The molecule has 12 nitrogen and oxygen atoms in total. The number of aromatic nitrogens is 2. The first-order valence-corrected chi connectivity index (χ1v) is 16.8. The highest BCUT2D eigenvalue weighted by Gasteiger charge is 2.14. The summed E-state index contributed by atoms with van der Waals surface area (Å²) in [5.74, 6) is 1.99. The van der Waals surface area contributed by atoms with Crippen LogP contribution in [0.5, 0.6) is 11.5 Å². The molecule has 1 aromatic heterocycles. The highest BCUT2D eigenvalue weighted by atomic mass is 35.5. The molecule has 0 radical (unpaired) electrons. The molecule has 0 saturated carbocycles. The topological polar surface area (TPSA) is 145 Å². The maximum absolute atomic E-state index is 9.19. The molecule has 2 N–H and O–H groups in total. The minimum Gasteiger partial charge on any atom is -0.493 e. The van der Waals surface area contributed by atoms with Crippen molar-refractivity contribution in [2.24, 2.45) is 5.16 Å². The average molecular weight is 672 g/mol. The zero-order valence-electron chi connectivity index (χ0n) is 26.0. The molecule has 1 aliphatic rings. The summed E-state index contributed by atoms with van der Waals surface area (Å²) in [6.45, 7) is 7.38. The van der Waals surface area contributed by atoms with Gasteiger partial charge in [0.2, 0.25) is 0 Å². The van der Waals surface area contributed by atoms with Crippen molar-refractivity contribution in [1.29, 1.82) is 0 Å². The normalized spacial score (nSPS) is 13.9. The van der Waals surface area contributed by atoms with Crippen LogP contribution in [0.3, 0.4) is 0 Å². The average Bonchev–Trinajstić information content (AvgIpc) is 3.04. The molecule has 0 spiro atoms. The molecule has 0 atom stereocenters. The first-order valence-electron chi connectivity index (χ1n) is 14.6. The van der Waals surface area contributed by atoms with E-state index in [1.807, 2.05) is 67.6 Å². The van der Waals surface area contributed by atoms with Gasteiger partial charge in [-0.05, 0) is 54.8 Å². The predicted molar refractivity (Wildman–Crippen MR) is 179 cm³/mol. The van der Waals surface area contributed by atoms with Crippen LogP contribution in [0.1, 0.15) is 24.5 Å². The second kappa shape index (κ2) is 17.1. The number of benzene rings is 3. The van der Waals surface area contributed by atoms with Gasteiger partial charge in [0.25, 0.3) is 10.1 Å². The van der Waals surface area contributed by atoms with Crippen LogP contribution >= 0.6 is 11.6 Å². The molecule has 5 rings (SSSR count). The van der Waals surface area contributed by atoms with E-state index < -0.39 is 10.1 Å². The molecule has 2 heterocycles. The summed E-state index contributed by atoms with van der Waals surface area (Å²) in [7, 11) is -2.03. The lowest BCUT2D eigenvalue weighted by molar-refractivity contribution is 0.0357. The van der Waals surface area contributed by atoms with Crippen molar-refractivity contribution in [3.63, 3.8) is 0 Å². The lowest BCUT2D eigenvalue weighted by Gasteiger charge is -2.26. The van der Waals surface area contributed by atoms with Gasteiger partial charge >= 0.3 is 0 Å². The van der Waals surface area contributed by atoms with E-state index in [4.69, 9.17) is 35.2 Å². The Morgan fingerprint density at radius 1 is 1.07 bits per heavy atom. The van der Waals surface area contributed by atoms with Gasteiger partial charge < -0.3 is 24.4 Å². The smallest absolute Gasteiger partial charge is 0.261 e. The molecular formula is C32H38ClN5O7S. The molecule has 4 aromatic rings. The van der Waals surface area contributed by atoms with Crippen LogP contribution in [0, 0.1) is 0 Å². The summed E-state index contributed by atoms with van der Waals surface area (Å²) < 4.78 is 43.0. The van der Waals surface area contributed by atoms with Crippen molar-refractivity contribution >= 4 is 49.8 Å². The van der Waals surface area contributed by atoms with Crippen molar-refractivity contribution in [1.82, 2.24) is 14.9 Å². The largest absolute Gasteiger partial charge is 0.493 e. The number of methoxy groups -OCH3 is 1. The number of fused-ring (bicyclic) bond motifs is 1. The Morgan fingerprint density at radius 3 is 2.43 bits per heavy atom. The summed E-state index contributed by atoms with van der Waals surface area (Å²) in [5.41, 5.74) is 4.38. The summed E-state index contributed by atoms with van der Waals surface area (Å²) in [5, 5.41) is 9.20. The standard InChI is InChI=1S/C31H34ClN5O4.CH4O3S/c1-22(36-41-20-23-4-8-25(32)9-5-23)24-6-10-26(11-7-24)35-31-27-18-30(29(38-2)19-28(27)33-21-34-31)40-15-3-12-37-13-16-39-17-14-37;1-5(2,3)4/h4-11,18-19,21H,3,12-17,20H2,1-2H3,(H,33,34,35);1H3,(H,2,3,4)/b36-22-;. The minimum absolute atomic E-state index is 0.374. The van der Waals surface area contributed by atoms with Crippen LogP contribution < -0.4 is 14.8 Å². The SMILES string of the molecule is COc1cc2ncnc(Nc3ccc(/C(C)=N\OCc4ccc(Cl)cc4)cc3)c2cc1OCCCN1CCOCC1.CS(=O)(=O)O. The van der Waals surface area contributed by atoms with Gasteiger partial charge in [0.05, 0.1) is 44.4 Å². The van der Waals surface area contributed by atoms with Crippen molar-refractivity contribution in [2.75, 3.05) is 58.1 Å². The van der Waals surface area contributed by atoms with Crippen LogP contribution in [0.15, 0.2) is 72.1 Å². The van der Waals surface area contributed by atoms with Crippen molar-refractivity contribution in [3.05, 3.63) is 83.1 Å². The van der Waals surface area contributed by atoms with E-state index in [1.54, 1.807) is 7.11 Å². The number of hydrogen-bond acceptors (Lipinski definition) is 11. The summed E-state index contributed by atoms with van der Waals surface area (Å²) >= 11 is 5.94. The minimum atomic E-state index is -3.67. The van der Waals surface area contributed by atoms with Gasteiger partial charge in [-0.1, -0.05) is 41.0 Å². The van der Waals surface area contributed by atoms with Gasteiger partial charge in [-0.2, -0.15) is 8.42 Å². The van der Waals surface area contributed by atoms with E-state index in [1.165, 1.54) is 6.33 Å². The molecule has 1 fully saturated rings. The Balaban J connectivity index is 0.000000892. The molecule has 14 heteroatoms. The first-order chi connectivity index (χ1) is 22.1. The van der Waals surface area contributed by atoms with Gasteiger partial charge in [-0.25, -0.2) is 9.97 Å². The van der Waals surface area contributed by atoms with E-state index in [2.05, 4.69) is 25.3 Å². The fourth-order valence-electron chi connectivity index (χ4n) is 4.50. The maximum atomic E-state index is 9.19. The number of nitrogens with zero attached hydrogens (tertiary/aromatic N) is 4. The van der Waals surface area contributed by atoms with Crippen molar-refractivity contribution < 1.29 is 32.0 Å². The highest BCUT2D eigenvalue weighted by molar-refractivity contribution is 7.85. The molecule has 0 aliphatic carbocycles. The Bertz CT molecular complexity index is 1690. The summed E-state index contributed by atoms with van der Waals surface area (Å²) in [6.07, 6.45) is 3.17. The number of oxime groups is 1. The number of nitrogens with one attached hydrogen (secondary N) is 1. The number of halogens is 1. The van der Waals surface area contributed by atoms with Gasteiger partial charge in [0, 0.05) is 41.8 Å². The van der Waals surface area contributed by atoms with Gasteiger partial charge in [-0.3, -0.25) is 9.45 Å². The fraction of sp³-hybridized carbons (Fsp3) is 0.344. The van der Waals surface area contributed by atoms with Crippen LogP contribution in [0.2, 0.25) is 5.02 Å². The molecule has 1 saturated heterocycles. The second-order valence-corrected chi connectivity index (χ2v) is 12.3. The van der Waals surface area contributed by atoms with Crippen molar-refractivity contribution in [3.8, 4) is 11.5 Å². The third-order valence-corrected chi connectivity index (χ3v) is 7.06. The van der Waals surface area contributed by atoms with E-state index in [-0.39, 0.29) is 0 Å². The van der Waals surface area contributed by atoms with Gasteiger partial charge in [-0.15, -0.1) is 0 Å². The lowest BCUT2D eigenvalue weighted by Crippen LogP contribution is -2.37. The fourth-order valence-corrected chi connectivity index (χ4v) is 4.63. The number of anilines is 2. The van der Waals surface area contributed by atoms with Crippen LogP contribution in [-0.4, -0.2) is 86.4 Å². The Labute approximate surface area is 274 Å². The molecule has 0 unspecified atom stereocenters. The quantitative estimate of drug-likeness (QED) is 0.0843. The third kappa shape index (κ3) is 11.4. The zero-order chi connectivity index (χ0) is 32.9. The number of hydrogen-bond donors (Lipinski definition) is 2. The Kier molecular flexibility index (Phi) is 12.9. The van der Waals surface area contributed by atoms with E-state index in [0.29, 0.717) is 41.8 Å². The number of morpholine rings is 1. The van der Waals surface area contributed by atoms with E-state index in [0.717, 1.165) is 72.7 Å². The molecule has 0 amide bonds. The molecule has 1 aliphatic heterocycles. The van der Waals surface area contributed by atoms with Gasteiger partial charge in [0.15, 0.2) is 11.5 Å². The Morgan fingerprint density at radius 2 is 1.76 bits per heavy atom. The molecule has 3 aromatic carbocycles. The van der Waals surface area contributed by atoms with Crippen LogP contribution in [-0.2, 0) is 26.3 Å². The molecular weight excluding hydrogens is 634 g/mol. The first kappa shape index (κ1) is 34.9. The monoisotopic (exact) mass is 671 g/mol. The Hall–Kier alpha value is -4.01. The van der Waals surface area contributed by atoms with Crippen LogP contribution in [0.25, 0.3) is 10.9 Å². The van der Waals surface area contributed by atoms with E-state index in [9.17, 15) is 8.42 Å². The highest BCUT2D eigenvalue weighted by Crippen LogP contribution is 2.35. The second-order valence-electron chi connectivity index (χ2n) is 10.4. The molecule has 0 bridgehead atoms. The summed E-state index contributed by atoms with van der Waals surface area (Å²) in [6, 6.07) is 19.3. The van der Waals surface area contributed by atoms with Crippen molar-refractivity contribution in [2.45, 2.75) is 20.0 Å². The predicted octanol–water partition coefficient (Wildman–Crippen LogP) is 5.58. The number of rotatable bonds is 12. The van der Waals surface area contributed by atoms with Gasteiger partial charge in [0.1, 0.15) is 18.8 Å². The van der Waals surface area contributed by atoms with Crippen LogP contribution in [0.4, 0.5) is 11.5 Å². The molecule has 46 heavy (non-hydrogen) atoms. The third-order valence-electron chi connectivity index (χ3n) is 6.81. The number of ether oxygens (including phenoxy) is 3. The zero-order valence-corrected chi connectivity index (χ0v) is 27.6.